The van der Waals surface area contributed by atoms with E-state index in [0.717, 1.165) is 43.1 Å². The lowest BCUT2D eigenvalue weighted by molar-refractivity contribution is -0.130. The summed E-state index contributed by atoms with van der Waals surface area (Å²) in [7, 11) is 1.61. The smallest absolute Gasteiger partial charge is 0.322 e. The van der Waals surface area contributed by atoms with Crippen molar-refractivity contribution in [2.75, 3.05) is 32.1 Å². The number of benzene rings is 1. The first-order valence-corrected chi connectivity index (χ1v) is 10.0. The Hall–Kier alpha value is -3.10. The highest BCUT2D eigenvalue weighted by molar-refractivity contribution is 5.89. The lowest BCUT2D eigenvalue weighted by atomic mass is 10.1. The summed E-state index contributed by atoms with van der Waals surface area (Å²) in [5, 5.41) is 11.4. The standard InChI is InChI=1S/C20H26N6O3/c1-29-16-6-4-15(5-7-16)21-20(28)25-12-13-26-18(14-25)17(22-23-26)8-9-19(27)24-10-2-3-11-24/h4-7H,2-3,8-14H2,1H3,(H,21,28). The second-order valence-corrected chi connectivity index (χ2v) is 7.37. The average Bonchev–Trinajstić information content (AvgIpc) is 3.42. The maximum absolute atomic E-state index is 12.7. The third kappa shape index (κ3) is 4.33. The van der Waals surface area contributed by atoms with Crippen LogP contribution < -0.4 is 10.1 Å². The molecule has 2 aliphatic heterocycles. The Bertz CT molecular complexity index is 873. The van der Waals surface area contributed by atoms with Gasteiger partial charge < -0.3 is 19.9 Å². The maximum atomic E-state index is 12.7. The van der Waals surface area contributed by atoms with Crippen LogP contribution in [0.15, 0.2) is 24.3 Å². The van der Waals surface area contributed by atoms with Gasteiger partial charge in [0.15, 0.2) is 0 Å². The van der Waals surface area contributed by atoms with Gasteiger partial charge in [-0.05, 0) is 37.1 Å². The van der Waals surface area contributed by atoms with Crippen molar-refractivity contribution < 1.29 is 14.3 Å². The Morgan fingerprint density at radius 3 is 2.55 bits per heavy atom. The van der Waals surface area contributed by atoms with Crippen LogP contribution in [0.2, 0.25) is 0 Å². The van der Waals surface area contributed by atoms with Crippen molar-refractivity contribution in [2.45, 2.75) is 38.8 Å². The van der Waals surface area contributed by atoms with Crippen molar-refractivity contribution in [3.8, 4) is 5.75 Å². The number of anilines is 1. The van der Waals surface area contributed by atoms with Crippen LogP contribution in [0.3, 0.4) is 0 Å². The molecule has 4 rings (SSSR count). The van der Waals surface area contributed by atoms with Crippen LogP contribution in [-0.2, 0) is 24.3 Å². The number of urea groups is 1. The number of carbonyl (C=O) groups is 2. The third-order valence-corrected chi connectivity index (χ3v) is 5.50. The first kappa shape index (κ1) is 19.2. The van der Waals surface area contributed by atoms with Crippen LogP contribution >= 0.6 is 0 Å². The number of amides is 3. The number of ether oxygens (including phenoxy) is 1. The van der Waals surface area contributed by atoms with Crippen LogP contribution in [0.5, 0.6) is 5.75 Å². The number of rotatable bonds is 5. The van der Waals surface area contributed by atoms with Gasteiger partial charge in [-0.3, -0.25) is 4.79 Å². The van der Waals surface area contributed by atoms with E-state index in [-0.39, 0.29) is 11.9 Å². The SMILES string of the molecule is COc1ccc(NC(=O)N2CCn3nnc(CCC(=O)N4CCCC4)c3C2)cc1. The second kappa shape index (κ2) is 8.50. The number of methoxy groups -OCH3 is 1. The van der Waals surface area contributed by atoms with Crippen molar-refractivity contribution >= 4 is 17.6 Å². The number of likely N-dealkylation sites (tertiary alicyclic amines) is 1. The molecule has 0 bridgehead atoms. The monoisotopic (exact) mass is 398 g/mol. The van der Waals surface area contributed by atoms with E-state index in [2.05, 4.69) is 15.6 Å². The molecule has 29 heavy (non-hydrogen) atoms. The quantitative estimate of drug-likeness (QED) is 0.830. The molecular formula is C20H26N6O3. The number of nitrogens with one attached hydrogen (secondary N) is 1. The zero-order chi connectivity index (χ0) is 20.2. The van der Waals surface area contributed by atoms with Gasteiger partial charge in [-0.15, -0.1) is 5.10 Å². The van der Waals surface area contributed by atoms with Crippen LogP contribution in [0.1, 0.15) is 30.7 Å². The first-order valence-electron chi connectivity index (χ1n) is 10.0. The van der Waals surface area contributed by atoms with Gasteiger partial charge in [0.05, 0.1) is 31.6 Å². The molecule has 0 radical (unpaired) electrons. The summed E-state index contributed by atoms with van der Waals surface area (Å²) < 4.78 is 6.98. The van der Waals surface area contributed by atoms with E-state index in [1.807, 2.05) is 21.7 Å². The summed E-state index contributed by atoms with van der Waals surface area (Å²) in [6.07, 6.45) is 3.17. The maximum Gasteiger partial charge on any atom is 0.322 e. The van der Waals surface area contributed by atoms with Crippen LogP contribution in [0.4, 0.5) is 10.5 Å². The van der Waals surface area contributed by atoms with E-state index in [1.165, 1.54) is 0 Å². The number of aryl methyl sites for hydroxylation is 1. The zero-order valence-electron chi connectivity index (χ0n) is 16.6. The van der Waals surface area contributed by atoms with Gasteiger partial charge >= 0.3 is 6.03 Å². The van der Waals surface area contributed by atoms with Crippen LogP contribution in [-0.4, -0.2) is 63.5 Å². The lowest BCUT2D eigenvalue weighted by Crippen LogP contribution is -2.41. The summed E-state index contributed by atoms with van der Waals surface area (Å²) in [4.78, 5) is 28.7. The average molecular weight is 398 g/mol. The highest BCUT2D eigenvalue weighted by Gasteiger charge is 2.26. The Balaban J connectivity index is 1.36. The number of hydrogen-bond donors (Lipinski definition) is 1. The third-order valence-electron chi connectivity index (χ3n) is 5.50. The second-order valence-electron chi connectivity index (χ2n) is 7.37. The van der Waals surface area contributed by atoms with E-state index in [0.29, 0.717) is 38.2 Å². The Morgan fingerprint density at radius 2 is 1.83 bits per heavy atom. The van der Waals surface area contributed by atoms with Gasteiger partial charge in [-0.2, -0.15) is 0 Å². The van der Waals surface area contributed by atoms with E-state index in [1.54, 1.807) is 24.1 Å². The summed E-state index contributed by atoms with van der Waals surface area (Å²) in [6, 6.07) is 7.06. The molecule has 1 aromatic carbocycles. The van der Waals surface area contributed by atoms with Gasteiger partial charge in [0.2, 0.25) is 5.91 Å². The van der Waals surface area contributed by atoms with Crippen molar-refractivity contribution in [3.05, 3.63) is 35.7 Å². The number of fused-ring (bicyclic) bond motifs is 1. The molecule has 0 unspecified atom stereocenters. The van der Waals surface area contributed by atoms with Crippen molar-refractivity contribution in [1.82, 2.24) is 24.8 Å². The Labute approximate surface area is 169 Å². The van der Waals surface area contributed by atoms with Crippen molar-refractivity contribution in [1.29, 1.82) is 0 Å². The molecule has 1 fully saturated rings. The largest absolute Gasteiger partial charge is 0.497 e. The predicted octanol–water partition coefficient (Wildman–Crippen LogP) is 1.89. The molecule has 0 atom stereocenters. The molecular weight excluding hydrogens is 372 g/mol. The molecule has 0 saturated carbocycles. The molecule has 0 spiro atoms. The molecule has 9 heteroatoms. The highest BCUT2D eigenvalue weighted by Crippen LogP contribution is 2.20. The Morgan fingerprint density at radius 1 is 1.07 bits per heavy atom. The molecule has 1 aromatic heterocycles. The molecule has 2 aliphatic rings. The molecule has 1 saturated heterocycles. The molecule has 9 nitrogen and oxygen atoms in total. The van der Waals surface area contributed by atoms with Crippen LogP contribution in [0, 0.1) is 0 Å². The van der Waals surface area contributed by atoms with Crippen molar-refractivity contribution in [2.24, 2.45) is 0 Å². The molecule has 0 aliphatic carbocycles. The number of carbonyl (C=O) groups excluding carboxylic acids is 2. The fourth-order valence-electron chi connectivity index (χ4n) is 3.79. The van der Waals surface area contributed by atoms with Gasteiger partial charge in [0.25, 0.3) is 0 Å². The number of nitrogens with zero attached hydrogens (tertiary/aromatic N) is 5. The van der Waals surface area contributed by atoms with Gasteiger partial charge in [-0.1, -0.05) is 5.21 Å². The summed E-state index contributed by atoms with van der Waals surface area (Å²) >= 11 is 0. The van der Waals surface area contributed by atoms with Crippen molar-refractivity contribution in [3.63, 3.8) is 0 Å². The fourth-order valence-corrected chi connectivity index (χ4v) is 3.79. The Kier molecular flexibility index (Phi) is 5.64. The molecule has 154 valence electrons. The number of hydrogen-bond acceptors (Lipinski definition) is 5. The molecule has 2 aromatic rings. The lowest BCUT2D eigenvalue weighted by Gasteiger charge is -2.28. The molecule has 3 heterocycles. The van der Waals surface area contributed by atoms with Gasteiger partial charge in [-0.25, -0.2) is 9.48 Å². The minimum absolute atomic E-state index is 0.165. The van der Waals surface area contributed by atoms with E-state index in [9.17, 15) is 9.59 Å². The number of aromatic nitrogens is 3. The predicted molar refractivity (Wildman–Crippen MR) is 107 cm³/mol. The summed E-state index contributed by atoms with van der Waals surface area (Å²) in [5.41, 5.74) is 2.43. The van der Waals surface area contributed by atoms with Gasteiger partial charge in [0, 0.05) is 38.2 Å². The fraction of sp³-hybridized carbons (Fsp3) is 0.500. The highest BCUT2D eigenvalue weighted by atomic mass is 16.5. The van der Waals surface area contributed by atoms with E-state index >= 15 is 0 Å². The van der Waals surface area contributed by atoms with E-state index in [4.69, 9.17) is 4.74 Å². The summed E-state index contributed by atoms with van der Waals surface area (Å²) in [6.45, 7) is 3.31. The summed E-state index contributed by atoms with van der Waals surface area (Å²) in [5.74, 6) is 0.915. The first-order chi connectivity index (χ1) is 14.1. The minimum atomic E-state index is -0.165. The van der Waals surface area contributed by atoms with E-state index < -0.39 is 0 Å². The zero-order valence-corrected chi connectivity index (χ0v) is 16.6. The molecule has 3 amide bonds. The van der Waals surface area contributed by atoms with Crippen LogP contribution in [0.25, 0.3) is 0 Å². The molecule has 1 N–H and O–H groups in total. The topological polar surface area (TPSA) is 92.6 Å². The van der Waals surface area contributed by atoms with Gasteiger partial charge in [0.1, 0.15) is 5.75 Å². The normalized spacial score (nSPS) is 15.9. The minimum Gasteiger partial charge on any atom is -0.497 e.